The normalized spacial score (nSPS) is 27.0. The molecule has 0 aromatic rings. The fraction of sp³-hybridized carbons (Fsp3) is 0.867. The van der Waals surface area contributed by atoms with E-state index in [1.54, 1.807) is 0 Å². The maximum absolute atomic E-state index is 11.9. The van der Waals surface area contributed by atoms with E-state index in [4.69, 9.17) is 4.74 Å². The standard InChI is InChI=1S/C15H26N2O3/c1-3-14(18)17-9-12(15(19)20-2)7-13(10-17)16-8-11-5-4-6-11/h11-13,16H,3-10H2,1-2H3. The predicted octanol–water partition coefficient (Wildman–Crippen LogP) is 1.18. The van der Waals surface area contributed by atoms with Crippen molar-refractivity contribution in [3.8, 4) is 0 Å². The van der Waals surface area contributed by atoms with Gasteiger partial charge in [0.2, 0.25) is 5.91 Å². The van der Waals surface area contributed by atoms with Crippen LogP contribution in [0.5, 0.6) is 0 Å². The molecule has 0 spiro atoms. The van der Waals surface area contributed by atoms with Gasteiger partial charge in [0.05, 0.1) is 13.0 Å². The Morgan fingerprint density at radius 1 is 1.30 bits per heavy atom. The summed E-state index contributed by atoms with van der Waals surface area (Å²) < 4.78 is 4.85. The molecular formula is C15H26N2O3. The summed E-state index contributed by atoms with van der Waals surface area (Å²) in [5.41, 5.74) is 0. The first kappa shape index (κ1) is 15.3. The first-order chi connectivity index (χ1) is 9.63. The number of piperidine rings is 1. The van der Waals surface area contributed by atoms with Gasteiger partial charge in [-0.25, -0.2) is 0 Å². The van der Waals surface area contributed by atoms with Crippen LogP contribution in [0.15, 0.2) is 0 Å². The van der Waals surface area contributed by atoms with E-state index >= 15 is 0 Å². The van der Waals surface area contributed by atoms with Crippen molar-refractivity contribution in [2.45, 2.75) is 45.1 Å². The number of methoxy groups -OCH3 is 1. The molecule has 1 saturated carbocycles. The summed E-state index contributed by atoms with van der Waals surface area (Å²) in [5, 5.41) is 3.54. The van der Waals surface area contributed by atoms with E-state index < -0.39 is 0 Å². The molecule has 0 aromatic heterocycles. The summed E-state index contributed by atoms with van der Waals surface area (Å²) in [6.45, 7) is 4.08. The van der Waals surface area contributed by atoms with Gasteiger partial charge >= 0.3 is 5.97 Å². The van der Waals surface area contributed by atoms with Gasteiger partial charge in [-0.05, 0) is 31.7 Å². The molecule has 1 aliphatic heterocycles. The number of hydrogen-bond donors (Lipinski definition) is 1. The minimum atomic E-state index is -0.200. The molecule has 0 aromatic carbocycles. The van der Waals surface area contributed by atoms with Gasteiger partial charge in [0, 0.05) is 25.6 Å². The van der Waals surface area contributed by atoms with Crippen molar-refractivity contribution in [1.82, 2.24) is 10.2 Å². The van der Waals surface area contributed by atoms with Crippen LogP contribution in [0, 0.1) is 11.8 Å². The smallest absolute Gasteiger partial charge is 0.310 e. The van der Waals surface area contributed by atoms with Crippen molar-refractivity contribution >= 4 is 11.9 Å². The molecule has 2 aliphatic rings. The Morgan fingerprint density at radius 3 is 2.60 bits per heavy atom. The average Bonchev–Trinajstić information content (AvgIpc) is 2.43. The quantitative estimate of drug-likeness (QED) is 0.769. The van der Waals surface area contributed by atoms with Crippen LogP contribution in [-0.4, -0.2) is 49.6 Å². The summed E-state index contributed by atoms with van der Waals surface area (Å²) in [5.74, 6) is 0.509. The maximum atomic E-state index is 11.9. The van der Waals surface area contributed by atoms with Crippen LogP contribution < -0.4 is 5.32 Å². The molecule has 2 rings (SSSR count). The first-order valence-electron chi connectivity index (χ1n) is 7.73. The maximum Gasteiger partial charge on any atom is 0.310 e. The molecule has 1 saturated heterocycles. The molecule has 5 nitrogen and oxygen atoms in total. The molecule has 114 valence electrons. The number of amides is 1. The highest BCUT2D eigenvalue weighted by Crippen LogP contribution is 2.26. The Morgan fingerprint density at radius 2 is 2.05 bits per heavy atom. The lowest BCUT2D eigenvalue weighted by atomic mass is 9.85. The summed E-state index contributed by atoms with van der Waals surface area (Å²) in [7, 11) is 1.42. The highest BCUT2D eigenvalue weighted by molar-refractivity contribution is 5.78. The van der Waals surface area contributed by atoms with Crippen molar-refractivity contribution in [2.24, 2.45) is 11.8 Å². The van der Waals surface area contributed by atoms with Crippen molar-refractivity contribution in [3.63, 3.8) is 0 Å². The third-order valence-electron chi connectivity index (χ3n) is 4.56. The van der Waals surface area contributed by atoms with Crippen molar-refractivity contribution in [3.05, 3.63) is 0 Å². The van der Waals surface area contributed by atoms with Gasteiger partial charge < -0.3 is 15.0 Å². The fourth-order valence-electron chi connectivity index (χ4n) is 3.04. The zero-order valence-corrected chi connectivity index (χ0v) is 12.6. The van der Waals surface area contributed by atoms with Crippen LogP contribution in [0.2, 0.25) is 0 Å². The number of nitrogens with one attached hydrogen (secondary N) is 1. The zero-order valence-electron chi connectivity index (χ0n) is 12.6. The van der Waals surface area contributed by atoms with E-state index in [1.807, 2.05) is 11.8 Å². The minimum absolute atomic E-state index is 0.119. The fourth-order valence-corrected chi connectivity index (χ4v) is 3.04. The first-order valence-corrected chi connectivity index (χ1v) is 7.73. The second kappa shape index (κ2) is 7.07. The highest BCUT2D eigenvalue weighted by atomic mass is 16.5. The molecule has 1 aliphatic carbocycles. The highest BCUT2D eigenvalue weighted by Gasteiger charge is 2.34. The molecule has 1 N–H and O–H groups in total. The lowest BCUT2D eigenvalue weighted by molar-refractivity contribution is -0.149. The van der Waals surface area contributed by atoms with Gasteiger partial charge in [-0.3, -0.25) is 9.59 Å². The molecular weight excluding hydrogens is 256 g/mol. The average molecular weight is 282 g/mol. The number of carbonyl (C=O) groups excluding carboxylic acids is 2. The molecule has 0 radical (unpaired) electrons. The molecule has 2 unspecified atom stereocenters. The topological polar surface area (TPSA) is 58.6 Å². The Kier molecular flexibility index (Phi) is 5.40. The van der Waals surface area contributed by atoms with Gasteiger partial charge in [-0.1, -0.05) is 13.3 Å². The van der Waals surface area contributed by atoms with Gasteiger partial charge in [-0.15, -0.1) is 0 Å². The Hall–Kier alpha value is -1.10. The lowest BCUT2D eigenvalue weighted by Crippen LogP contribution is -2.53. The predicted molar refractivity (Wildman–Crippen MR) is 76.1 cm³/mol. The second-order valence-corrected chi connectivity index (χ2v) is 6.01. The van der Waals surface area contributed by atoms with Crippen LogP contribution >= 0.6 is 0 Å². The summed E-state index contributed by atoms with van der Waals surface area (Å²) >= 11 is 0. The van der Waals surface area contributed by atoms with E-state index in [0.29, 0.717) is 19.5 Å². The second-order valence-electron chi connectivity index (χ2n) is 6.01. The number of ether oxygens (including phenoxy) is 1. The van der Waals surface area contributed by atoms with Gasteiger partial charge in [0.15, 0.2) is 0 Å². The summed E-state index contributed by atoms with van der Waals surface area (Å²) in [6.07, 6.45) is 5.20. The molecule has 20 heavy (non-hydrogen) atoms. The number of carbonyl (C=O) groups is 2. The summed E-state index contributed by atoms with van der Waals surface area (Å²) in [4.78, 5) is 25.5. The van der Waals surface area contributed by atoms with Gasteiger partial charge in [0.25, 0.3) is 0 Å². The molecule has 0 bridgehead atoms. The summed E-state index contributed by atoms with van der Waals surface area (Å²) in [6, 6.07) is 0.212. The SMILES string of the molecule is CCC(=O)N1CC(NCC2CCC2)CC(C(=O)OC)C1. The third kappa shape index (κ3) is 3.72. The van der Waals surface area contributed by atoms with Crippen LogP contribution in [0.3, 0.4) is 0 Å². The molecule has 2 atom stereocenters. The minimum Gasteiger partial charge on any atom is -0.469 e. The van der Waals surface area contributed by atoms with Gasteiger partial charge in [0.1, 0.15) is 0 Å². The third-order valence-corrected chi connectivity index (χ3v) is 4.56. The lowest BCUT2D eigenvalue weighted by Gasteiger charge is -2.38. The van der Waals surface area contributed by atoms with E-state index in [0.717, 1.165) is 18.9 Å². The number of nitrogens with zero attached hydrogens (tertiary/aromatic N) is 1. The van der Waals surface area contributed by atoms with E-state index in [1.165, 1.54) is 26.4 Å². The number of likely N-dealkylation sites (tertiary alicyclic amines) is 1. The van der Waals surface area contributed by atoms with Crippen molar-refractivity contribution in [2.75, 3.05) is 26.7 Å². The van der Waals surface area contributed by atoms with E-state index in [9.17, 15) is 9.59 Å². The Labute approximate surface area is 121 Å². The molecule has 5 heteroatoms. The van der Waals surface area contributed by atoms with Crippen LogP contribution in [0.1, 0.15) is 39.0 Å². The number of rotatable bonds is 5. The zero-order chi connectivity index (χ0) is 14.5. The largest absolute Gasteiger partial charge is 0.469 e. The molecule has 2 fully saturated rings. The Balaban J connectivity index is 1.91. The van der Waals surface area contributed by atoms with Crippen LogP contribution in [0.4, 0.5) is 0 Å². The number of hydrogen-bond acceptors (Lipinski definition) is 4. The van der Waals surface area contributed by atoms with Crippen molar-refractivity contribution in [1.29, 1.82) is 0 Å². The Bertz CT molecular complexity index is 331. The van der Waals surface area contributed by atoms with Crippen molar-refractivity contribution < 1.29 is 14.3 Å². The van der Waals surface area contributed by atoms with E-state index in [2.05, 4.69) is 5.32 Å². The van der Waals surface area contributed by atoms with Crippen LogP contribution in [0.25, 0.3) is 0 Å². The molecule has 1 heterocycles. The molecule has 1 amide bonds. The monoisotopic (exact) mass is 282 g/mol. The number of esters is 1. The van der Waals surface area contributed by atoms with Gasteiger partial charge in [-0.2, -0.15) is 0 Å². The van der Waals surface area contributed by atoms with Crippen LogP contribution in [-0.2, 0) is 14.3 Å². The van der Waals surface area contributed by atoms with E-state index in [-0.39, 0.29) is 23.8 Å².